The summed E-state index contributed by atoms with van der Waals surface area (Å²) in [6.07, 6.45) is 8.36. The second-order valence-electron chi connectivity index (χ2n) is 9.20. The smallest absolute Gasteiger partial charge is 0.141 e. The third-order valence-corrected chi connectivity index (χ3v) is 7.18. The van der Waals surface area contributed by atoms with E-state index in [2.05, 4.69) is 22.8 Å². The largest absolute Gasteiger partial charge is 0.508 e. The molecule has 0 spiro atoms. The number of rotatable bonds is 8. The Balaban J connectivity index is 1.22. The zero-order valence-corrected chi connectivity index (χ0v) is 21.3. The lowest BCUT2D eigenvalue weighted by atomic mass is 9.91. The number of phenols is 1. The van der Waals surface area contributed by atoms with Crippen LogP contribution in [-0.2, 0) is 6.54 Å². The highest BCUT2D eigenvalue weighted by Gasteiger charge is 2.21. The summed E-state index contributed by atoms with van der Waals surface area (Å²) in [6, 6.07) is 16.2. The van der Waals surface area contributed by atoms with Crippen molar-refractivity contribution in [2.45, 2.75) is 44.3 Å². The Bertz CT molecular complexity index is 1350. The fourth-order valence-corrected chi connectivity index (χ4v) is 5.09. The Morgan fingerprint density at radius 3 is 2.50 bits per heavy atom. The lowest BCUT2D eigenvalue weighted by Gasteiger charge is -2.30. The van der Waals surface area contributed by atoms with Crippen LogP contribution in [0.2, 0.25) is 5.02 Å². The van der Waals surface area contributed by atoms with Gasteiger partial charge in [-0.1, -0.05) is 29.8 Å². The van der Waals surface area contributed by atoms with E-state index < -0.39 is 0 Å². The molecule has 5 rings (SSSR count). The first-order valence-corrected chi connectivity index (χ1v) is 12.6. The number of aromatic nitrogens is 2. The van der Waals surface area contributed by atoms with Gasteiger partial charge in [0.05, 0.1) is 24.9 Å². The minimum atomic E-state index is 0.353. The van der Waals surface area contributed by atoms with Crippen LogP contribution >= 0.6 is 11.6 Å². The minimum Gasteiger partial charge on any atom is -0.508 e. The van der Waals surface area contributed by atoms with Gasteiger partial charge in [0.15, 0.2) is 0 Å². The zero-order chi connectivity index (χ0) is 25.1. The van der Waals surface area contributed by atoms with Crippen LogP contribution in [0.1, 0.15) is 31.2 Å². The van der Waals surface area contributed by atoms with Crippen molar-refractivity contribution in [2.75, 3.05) is 19.5 Å². The molecule has 2 heterocycles. The first-order valence-electron chi connectivity index (χ1n) is 12.2. The van der Waals surface area contributed by atoms with Gasteiger partial charge in [0.25, 0.3) is 0 Å². The number of nitrogens with zero attached hydrogens (tertiary/aromatic N) is 2. The molecule has 1 saturated carbocycles. The molecule has 7 nitrogen and oxygen atoms in total. The van der Waals surface area contributed by atoms with E-state index >= 15 is 0 Å². The molecule has 2 aromatic heterocycles. The molecule has 1 aliphatic rings. The molecule has 0 atom stereocenters. The van der Waals surface area contributed by atoms with Crippen LogP contribution in [0, 0.1) is 0 Å². The van der Waals surface area contributed by atoms with E-state index in [4.69, 9.17) is 26.1 Å². The van der Waals surface area contributed by atoms with E-state index in [1.165, 1.54) is 0 Å². The fraction of sp³-hybridized carbons (Fsp3) is 0.321. The summed E-state index contributed by atoms with van der Waals surface area (Å²) in [6.45, 7) is 0.693. The van der Waals surface area contributed by atoms with E-state index in [1.54, 1.807) is 26.4 Å². The number of nitrogens with one attached hydrogen (secondary N) is 2. The summed E-state index contributed by atoms with van der Waals surface area (Å²) >= 11 is 6.37. The van der Waals surface area contributed by atoms with Gasteiger partial charge in [0.1, 0.15) is 22.9 Å². The number of methoxy groups -OCH3 is 2. The number of benzene rings is 2. The number of hydrogen-bond acceptors (Lipinski definition) is 6. The number of fused-ring (bicyclic) bond motifs is 1. The van der Waals surface area contributed by atoms with Gasteiger partial charge in [-0.05, 0) is 43.9 Å². The first-order chi connectivity index (χ1) is 17.5. The Morgan fingerprint density at radius 1 is 1.00 bits per heavy atom. The normalized spacial score (nSPS) is 17.8. The number of pyridine rings is 1. The summed E-state index contributed by atoms with van der Waals surface area (Å²) < 4.78 is 12.9. The third kappa shape index (κ3) is 5.22. The molecular weight excluding hydrogens is 476 g/mol. The monoisotopic (exact) mass is 506 g/mol. The minimum absolute atomic E-state index is 0.353. The van der Waals surface area contributed by atoms with Crippen molar-refractivity contribution in [3.63, 3.8) is 0 Å². The highest BCUT2D eigenvalue weighted by Crippen LogP contribution is 2.38. The molecular formula is C28H31ClN4O3. The van der Waals surface area contributed by atoms with Crippen molar-refractivity contribution in [1.82, 2.24) is 14.7 Å². The van der Waals surface area contributed by atoms with Gasteiger partial charge in [-0.3, -0.25) is 0 Å². The van der Waals surface area contributed by atoms with E-state index in [0.717, 1.165) is 53.8 Å². The molecule has 8 heteroatoms. The van der Waals surface area contributed by atoms with E-state index in [-0.39, 0.29) is 0 Å². The molecule has 1 aliphatic carbocycles. The number of phenolic OH excluding ortho intramolecular Hbond substituents is 1. The van der Waals surface area contributed by atoms with Gasteiger partial charge in [0.2, 0.25) is 0 Å². The Hall–Kier alpha value is -3.42. The van der Waals surface area contributed by atoms with Gasteiger partial charge < -0.3 is 29.6 Å². The van der Waals surface area contributed by atoms with E-state index in [1.807, 2.05) is 41.1 Å². The summed E-state index contributed by atoms with van der Waals surface area (Å²) in [5, 5.41) is 17.8. The van der Waals surface area contributed by atoms with Crippen molar-refractivity contribution in [3.8, 4) is 28.5 Å². The van der Waals surface area contributed by atoms with Gasteiger partial charge >= 0.3 is 0 Å². The molecule has 3 N–H and O–H groups in total. The maximum absolute atomic E-state index is 9.97. The SMILES string of the molecule is COc1cc(OC)c(-c2cn3ccc(NC4CCC(NCc5ccccc5O)CC4)cc3n2)cc1Cl. The van der Waals surface area contributed by atoms with Crippen LogP contribution in [0.15, 0.2) is 60.9 Å². The highest BCUT2D eigenvalue weighted by molar-refractivity contribution is 6.32. The van der Waals surface area contributed by atoms with Crippen molar-refractivity contribution in [3.05, 3.63) is 71.5 Å². The fourth-order valence-electron chi connectivity index (χ4n) is 4.85. The van der Waals surface area contributed by atoms with Crippen LogP contribution in [0.25, 0.3) is 16.9 Å². The molecule has 0 saturated heterocycles. The van der Waals surface area contributed by atoms with Crippen LogP contribution in [0.4, 0.5) is 5.69 Å². The molecule has 36 heavy (non-hydrogen) atoms. The van der Waals surface area contributed by atoms with Crippen molar-refractivity contribution < 1.29 is 14.6 Å². The summed E-state index contributed by atoms with van der Waals surface area (Å²) in [5.74, 6) is 1.58. The van der Waals surface area contributed by atoms with Gasteiger partial charge in [-0.2, -0.15) is 0 Å². The quantitative estimate of drug-likeness (QED) is 0.276. The van der Waals surface area contributed by atoms with Crippen molar-refractivity contribution >= 4 is 22.9 Å². The zero-order valence-electron chi connectivity index (χ0n) is 20.5. The van der Waals surface area contributed by atoms with Crippen LogP contribution in [0.5, 0.6) is 17.2 Å². The lowest BCUT2D eigenvalue weighted by molar-refractivity contribution is 0.350. The number of halogens is 1. The first kappa shape index (κ1) is 24.3. The Morgan fingerprint density at radius 2 is 1.75 bits per heavy atom. The van der Waals surface area contributed by atoms with Crippen molar-refractivity contribution in [2.24, 2.45) is 0 Å². The second kappa shape index (κ2) is 10.7. The average Bonchev–Trinajstić information content (AvgIpc) is 3.32. The summed E-state index contributed by atoms with van der Waals surface area (Å²) in [4.78, 5) is 4.83. The van der Waals surface area contributed by atoms with Crippen LogP contribution in [-0.4, -0.2) is 40.8 Å². The summed E-state index contributed by atoms with van der Waals surface area (Å²) in [5.41, 5.74) is 4.45. The predicted molar refractivity (Wildman–Crippen MR) is 143 cm³/mol. The Labute approximate surface area is 216 Å². The number of anilines is 1. The van der Waals surface area contributed by atoms with Crippen LogP contribution < -0.4 is 20.1 Å². The number of para-hydroxylation sites is 1. The van der Waals surface area contributed by atoms with E-state index in [0.29, 0.717) is 40.9 Å². The van der Waals surface area contributed by atoms with Crippen molar-refractivity contribution in [1.29, 1.82) is 0 Å². The standard InChI is InChI=1S/C28H31ClN4O3/c1-35-26-15-27(36-2)23(29)14-22(26)24-17-33-12-11-21(13-28(33)32-24)31-20-9-7-19(8-10-20)30-16-18-5-3-4-6-25(18)34/h3-6,11-15,17,19-20,30-31,34H,7-10,16H2,1-2H3. The summed E-state index contributed by atoms with van der Waals surface area (Å²) in [7, 11) is 3.21. The maximum Gasteiger partial charge on any atom is 0.141 e. The second-order valence-corrected chi connectivity index (χ2v) is 9.60. The molecule has 0 bridgehead atoms. The molecule has 4 aromatic rings. The number of ether oxygens (including phenoxy) is 2. The number of hydrogen-bond donors (Lipinski definition) is 3. The average molecular weight is 507 g/mol. The Kier molecular flexibility index (Phi) is 7.20. The lowest BCUT2D eigenvalue weighted by Crippen LogP contribution is -2.36. The highest BCUT2D eigenvalue weighted by atomic mass is 35.5. The number of aromatic hydroxyl groups is 1. The van der Waals surface area contributed by atoms with Crippen LogP contribution in [0.3, 0.4) is 0 Å². The number of imidazole rings is 1. The maximum atomic E-state index is 9.97. The van der Waals surface area contributed by atoms with E-state index in [9.17, 15) is 5.11 Å². The molecule has 0 unspecified atom stereocenters. The van der Waals surface area contributed by atoms with Gasteiger partial charge in [-0.15, -0.1) is 0 Å². The topological polar surface area (TPSA) is 80.0 Å². The third-order valence-electron chi connectivity index (χ3n) is 6.88. The molecule has 0 amide bonds. The molecule has 2 aromatic carbocycles. The van der Waals surface area contributed by atoms with Gasteiger partial charge in [0, 0.05) is 60.0 Å². The van der Waals surface area contributed by atoms with Gasteiger partial charge in [-0.25, -0.2) is 4.98 Å². The molecule has 0 radical (unpaired) electrons. The molecule has 0 aliphatic heterocycles. The molecule has 1 fully saturated rings. The predicted octanol–water partition coefficient (Wildman–Crippen LogP) is 5.89. The molecule has 188 valence electrons.